The molecule has 0 fully saturated rings. The highest BCUT2D eigenvalue weighted by Gasteiger charge is 2.11. The third kappa shape index (κ3) is 4.21. The van der Waals surface area contributed by atoms with E-state index >= 15 is 0 Å². The van der Waals surface area contributed by atoms with E-state index in [4.69, 9.17) is 4.74 Å². The molecule has 0 amide bonds. The summed E-state index contributed by atoms with van der Waals surface area (Å²) < 4.78 is 6.19. The van der Waals surface area contributed by atoms with Gasteiger partial charge in [-0.3, -0.25) is 0 Å². The van der Waals surface area contributed by atoms with E-state index in [-0.39, 0.29) is 6.10 Å². The molecule has 0 spiro atoms. The molecule has 0 saturated heterocycles. The van der Waals surface area contributed by atoms with Gasteiger partial charge in [-0.1, -0.05) is 57.5 Å². The summed E-state index contributed by atoms with van der Waals surface area (Å²) in [5, 5.41) is 6.08. The summed E-state index contributed by atoms with van der Waals surface area (Å²) in [6.07, 6.45) is 2.49. The van der Waals surface area contributed by atoms with E-state index in [2.05, 4.69) is 69.4 Å². The van der Waals surface area contributed by atoms with Gasteiger partial charge >= 0.3 is 0 Å². The van der Waals surface area contributed by atoms with Crippen LogP contribution in [0.3, 0.4) is 0 Å². The van der Waals surface area contributed by atoms with Crippen LogP contribution in [0.2, 0.25) is 0 Å². The zero-order chi connectivity index (χ0) is 15.2. The van der Waals surface area contributed by atoms with Gasteiger partial charge in [-0.15, -0.1) is 0 Å². The number of hydrogen-bond donors (Lipinski definition) is 1. The highest BCUT2D eigenvalue weighted by atomic mass is 16.5. The molecule has 0 aliphatic rings. The normalized spacial score (nSPS) is 12.8. The second kappa shape index (κ2) is 7.46. The molecule has 0 bridgehead atoms. The predicted molar refractivity (Wildman–Crippen MR) is 90.9 cm³/mol. The van der Waals surface area contributed by atoms with Crippen molar-refractivity contribution < 1.29 is 4.74 Å². The van der Waals surface area contributed by atoms with Crippen LogP contribution in [0.4, 0.5) is 0 Å². The molecule has 1 N–H and O–H groups in total. The van der Waals surface area contributed by atoms with Crippen LogP contribution in [0.5, 0.6) is 5.75 Å². The Labute approximate surface area is 128 Å². The molecular formula is C19H27NO. The number of rotatable bonds is 7. The molecule has 2 aromatic carbocycles. The van der Waals surface area contributed by atoms with Crippen LogP contribution in [0.1, 0.15) is 46.1 Å². The van der Waals surface area contributed by atoms with Crippen molar-refractivity contribution in [3.05, 3.63) is 42.0 Å². The van der Waals surface area contributed by atoms with Gasteiger partial charge in [-0.25, -0.2) is 0 Å². The monoisotopic (exact) mass is 285 g/mol. The molecule has 114 valence electrons. The van der Waals surface area contributed by atoms with Gasteiger partial charge < -0.3 is 10.1 Å². The number of ether oxygens (including phenoxy) is 1. The van der Waals surface area contributed by atoms with Crippen molar-refractivity contribution in [1.29, 1.82) is 0 Å². The Kier molecular flexibility index (Phi) is 5.63. The average molecular weight is 285 g/mol. The summed E-state index contributed by atoms with van der Waals surface area (Å²) in [6.45, 7) is 9.53. The van der Waals surface area contributed by atoms with E-state index in [9.17, 15) is 0 Å². The zero-order valence-electron chi connectivity index (χ0n) is 13.6. The van der Waals surface area contributed by atoms with E-state index in [0.29, 0.717) is 6.04 Å². The van der Waals surface area contributed by atoms with Gasteiger partial charge in [0.25, 0.3) is 0 Å². The lowest BCUT2D eigenvalue weighted by atomic mass is 10.0. The summed E-state index contributed by atoms with van der Waals surface area (Å²) in [6, 6.07) is 13.3. The molecule has 0 aromatic heterocycles. The standard InChI is InChI=1S/C19H27NO/c1-5-8-15(4)21-19-12-11-16-9-6-7-10-17(16)18(19)13-20-14(2)3/h6-7,9-12,14-15,20H,5,8,13H2,1-4H3. The minimum atomic E-state index is 0.258. The molecule has 0 saturated carbocycles. The van der Waals surface area contributed by atoms with E-state index in [0.717, 1.165) is 25.1 Å². The molecule has 1 atom stereocenters. The fourth-order valence-electron chi connectivity index (χ4n) is 2.60. The summed E-state index contributed by atoms with van der Waals surface area (Å²) >= 11 is 0. The third-order valence-electron chi connectivity index (χ3n) is 3.71. The van der Waals surface area contributed by atoms with Crippen molar-refractivity contribution in [1.82, 2.24) is 5.32 Å². The highest BCUT2D eigenvalue weighted by molar-refractivity contribution is 5.87. The zero-order valence-corrected chi connectivity index (χ0v) is 13.6. The quantitative estimate of drug-likeness (QED) is 0.781. The van der Waals surface area contributed by atoms with Crippen LogP contribution >= 0.6 is 0 Å². The van der Waals surface area contributed by atoms with Gasteiger partial charge in [-0.05, 0) is 30.2 Å². The summed E-state index contributed by atoms with van der Waals surface area (Å²) in [7, 11) is 0. The number of benzene rings is 2. The lowest BCUT2D eigenvalue weighted by Gasteiger charge is -2.19. The molecule has 0 aliphatic carbocycles. The second-order valence-electron chi connectivity index (χ2n) is 6.02. The molecule has 2 aromatic rings. The Morgan fingerprint density at radius 3 is 2.52 bits per heavy atom. The average Bonchev–Trinajstić information content (AvgIpc) is 2.46. The Hall–Kier alpha value is -1.54. The minimum absolute atomic E-state index is 0.258. The predicted octanol–water partition coefficient (Wildman–Crippen LogP) is 4.91. The first kappa shape index (κ1) is 15.8. The maximum Gasteiger partial charge on any atom is 0.124 e. The molecule has 2 heteroatoms. The Morgan fingerprint density at radius 1 is 1.05 bits per heavy atom. The van der Waals surface area contributed by atoms with Gasteiger partial charge in [0.15, 0.2) is 0 Å². The van der Waals surface area contributed by atoms with Gasteiger partial charge in [-0.2, -0.15) is 0 Å². The van der Waals surface area contributed by atoms with Crippen molar-refractivity contribution in [2.75, 3.05) is 0 Å². The maximum absolute atomic E-state index is 6.19. The second-order valence-corrected chi connectivity index (χ2v) is 6.02. The van der Waals surface area contributed by atoms with Gasteiger partial charge in [0.05, 0.1) is 6.10 Å². The van der Waals surface area contributed by atoms with E-state index in [1.165, 1.54) is 16.3 Å². The number of fused-ring (bicyclic) bond motifs is 1. The third-order valence-corrected chi connectivity index (χ3v) is 3.71. The lowest BCUT2D eigenvalue weighted by Crippen LogP contribution is -2.23. The molecule has 21 heavy (non-hydrogen) atoms. The van der Waals surface area contributed by atoms with Gasteiger partial charge in [0.1, 0.15) is 5.75 Å². The van der Waals surface area contributed by atoms with E-state index < -0.39 is 0 Å². The van der Waals surface area contributed by atoms with Crippen LogP contribution in [0, 0.1) is 0 Å². The highest BCUT2D eigenvalue weighted by Crippen LogP contribution is 2.29. The summed E-state index contributed by atoms with van der Waals surface area (Å²) in [5.41, 5.74) is 1.27. The summed E-state index contributed by atoms with van der Waals surface area (Å²) in [5.74, 6) is 1.02. The van der Waals surface area contributed by atoms with Crippen LogP contribution in [-0.4, -0.2) is 12.1 Å². The topological polar surface area (TPSA) is 21.3 Å². The molecule has 0 heterocycles. The van der Waals surface area contributed by atoms with E-state index in [1.807, 2.05) is 0 Å². The van der Waals surface area contributed by atoms with Crippen LogP contribution in [-0.2, 0) is 6.54 Å². The summed E-state index contributed by atoms with van der Waals surface area (Å²) in [4.78, 5) is 0. The first-order valence-electron chi connectivity index (χ1n) is 8.02. The molecule has 0 radical (unpaired) electrons. The van der Waals surface area contributed by atoms with E-state index in [1.54, 1.807) is 0 Å². The molecular weight excluding hydrogens is 258 g/mol. The van der Waals surface area contributed by atoms with Crippen molar-refractivity contribution >= 4 is 10.8 Å². The van der Waals surface area contributed by atoms with Crippen LogP contribution in [0.25, 0.3) is 10.8 Å². The Balaban J connectivity index is 2.35. The van der Waals surface area contributed by atoms with Gasteiger partial charge in [0, 0.05) is 18.2 Å². The van der Waals surface area contributed by atoms with Crippen LogP contribution < -0.4 is 10.1 Å². The van der Waals surface area contributed by atoms with Crippen molar-refractivity contribution in [2.45, 2.75) is 59.2 Å². The van der Waals surface area contributed by atoms with Crippen molar-refractivity contribution in [2.24, 2.45) is 0 Å². The fraction of sp³-hybridized carbons (Fsp3) is 0.474. The number of nitrogens with one attached hydrogen (secondary N) is 1. The molecule has 0 aliphatic heterocycles. The van der Waals surface area contributed by atoms with Crippen molar-refractivity contribution in [3.8, 4) is 5.75 Å². The van der Waals surface area contributed by atoms with Gasteiger partial charge in [0.2, 0.25) is 0 Å². The number of hydrogen-bond acceptors (Lipinski definition) is 2. The lowest BCUT2D eigenvalue weighted by molar-refractivity contribution is 0.208. The minimum Gasteiger partial charge on any atom is -0.490 e. The molecule has 1 unspecified atom stereocenters. The fourth-order valence-corrected chi connectivity index (χ4v) is 2.60. The Bertz CT molecular complexity index is 577. The Morgan fingerprint density at radius 2 is 1.81 bits per heavy atom. The molecule has 2 rings (SSSR count). The largest absolute Gasteiger partial charge is 0.490 e. The molecule has 2 nitrogen and oxygen atoms in total. The smallest absolute Gasteiger partial charge is 0.124 e. The van der Waals surface area contributed by atoms with Crippen LogP contribution in [0.15, 0.2) is 36.4 Å². The first-order chi connectivity index (χ1) is 10.1. The SMILES string of the molecule is CCCC(C)Oc1ccc2ccccc2c1CNC(C)C. The van der Waals surface area contributed by atoms with Crippen molar-refractivity contribution in [3.63, 3.8) is 0 Å². The maximum atomic E-state index is 6.19. The first-order valence-corrected chi connectivity index (χ1v) is 8.02.